The highest BCUT2D eigenvalue weighted by Gasteiger charge is 2.15. The zero-order valence-corrected chi connectivity index (χ0v) is 18.5. The number of ether oxygens (including phenoxy) is 3. The molecule has 0 aromatic heterocycles. The van der Waals surface area contributed by atoms with Crippen molar-refractivity contribution in [1.82, 2.24) is 0 Å². The summed E-state index contributed by atoms with van der Waals surface area (Å²) in [6.45, 7) is 2.24. The second kappa shape index (κ2) is 10.5. The van der Waals surface area contributed by atoms with Crippen molar-refractivity contribution in [3.8, 4) is 17.2 Å². The van der Waals surface area contributed by atoms with Gasteiger partial charge in [0, 0.05) is 11.8 Å². The first-order valence-electron chi connectivity index (χ1n) is 9.82. The van der Waals surface area contributed by atoms with E-state index in [1.807, 2.05) is 6.92 Å². The molecule has 0 aliphatic carbocycles. The van der Waals surface area contributed by atoms with E-state index in [0.717, 1.165) is 5.75 Å². The third-order valence-corrected chi connectivity index (χ3v) is 5.67. The Morgan fingerprint density at radius 3 is 2.16 bits per heavy atom. The van der Waals surface area contributed by atoms with E-state index in [2.05, 4.69) is 10.0 Å². The second-order valence-corrected chi connectivity index (χ2v) is 8.29. The van der Waals surface area contributed by atoms with Gasteiger partial charge < -0.3 is 19.5 Å². The highest BCUT2D eigenvalue weighted by atomic mass is 32.2. The van der Waals surface area contributed by atoms with E-state index < -0.39 is 10.0 Å². The summed E-state index contributed by atoms with van der Waals surface area (Å²) in [6.07, 6.45) is 0. The standard InChI is InChI=1S/C23H24N2O6S/c1-3-30-19-9-7-17(8-10-19)24-23(26)16-31-20-11-13-22(14-12-20)32(27,28)25-18-5-4-6-21(15-18)29-2/h4-15,25H,3,16H2,1-2H3,(H,24,26). The second-order valence-electron chi connectivity index (χ2n) is 6.60. The molecule has 1 amide bonds. The number of benzene rings is 3. The number of anilines is 2. The van der Waals surface area contributed by atoms with Gasteiger partial charge in [-0.25, -0.2) is 8.42 Å². The molecule has 0 radical (unpaired) electrons. The van der Waals surface area contributed by atoms with Crippen LogP contribution in [0.5, 0.6) is 17.2 Å². The Kier molecular flexibility index (Phi) is 7.56. The maximum atomic E-state index is 12.6. The zero-order valence-electron chi connectivity index (χ0n) is 17.7. The predicted octanol–water partition coefficient (Wildman–Crippen LogP) is 3.91. The van der Waals surface area contributed by atoms with Gasteiger partial charge in [-0.15, -0.1) is 0 Å². The Labute approximate surface area is 187 Å². The summed E-state index contributed by atoms with van der Waals surface area (Å²) in [5.41, 5.74) is 1.00. The number of nitrogens with one attached hydrogen (secondary N) is 2. The van der Waals surface area contributed by atoms with E-state index in [4.69, 9.17) is 14.2 Å². The largest absolute Gasteiger partial charge is 0.497 e. The Bertz CT molecular complexity index is 1150. The first-order chi connectivity index (χ1) is 15.4. The fraction of sp³-hybridized carbons (Fsp3) is 0.174. The number of carbonyl (C=O) groups is 1. The lowest BCUT2D eigenvalue weighted by Gasteiger charge is -2.11. The molecule has 168 valence electrons. The highest BCUT2D eigenvalue weighted by molar-refractivity contribution is 7.92. The van der Waals surface area contributed by atoms with Crippen LogP contribution in [0.4, 0.5) is 11.4 Å². The van der Waals surface area contributed by atoms with Crippen molar-refractivity contribution in [1.29, 1.82) is 0 Å². The third-order valence-electron chi connectivity index (χ3n) is 4.27. The van der Waals surface area contributed by atoms with Gasteiger partial charge in [0.15, 0.2) is 6.61 Å². The van der Waals surface area contributed by atoms with Gasteiger partial charge in [0.05, 0.1) is 24.3 Å². The summed E-state index contributed by atoms with van der Waals surface area (Å²) >= 11 is 0. The highest BCUT2D eigenvalue weighted by Crippen LogP contribution is 2.22. The molecule has 0 heterocycles. The molecular weight excluding hydrogens is 432 g/mol. The maximum Gasteiger partial charge on any atom is 0.262 e. The topological polar surface area (TPSA) is 103 Å². The number of rotatable bonds is 10. The molecule has 0 aliphatic rings. The molecule has 0 bridgehead atoms. The van der Waals surface area contributed by atoms with Gasteiger partial charge in [0.25, 0.3) is 15.9 Å². The predicted molar refractivity (Wildman–Crippen MR) is 122 cm³/mol. The molecule has 0 saturated carbocycles. The molecule has 0 aliphatic heterocycles. The lowest BCUT2D eigenvalue weighted by molar-refractivity contribution is -0.118. The zero-order chi connectivity index (χ0) is 23.0. The van der Waals surface area contributed by atoms with Crippen LogP contribution in [0.2, 0.25) is 0 Å². The number of amides is 1. The van der Waals surface area contributed by atoms with Crippen LogP contribution in [0, 0.1) is 0 Å². The molecule has 3 rings (SSSR count). The van der Waals surface area contributed by atoms with Crippen molar-refractivity contribution in [2.75, 3.05) is 30.4 Å². The van der Waals surface area contributed by atoms with E-state index in [9.17, 15) is 13.2 Å². The molecule has 3 aromatic rings. The van der Waals surface area contributed by atoms with Crippen molar-refractivity contribution in [2.24, 2.45) is 0 Å². The molecule has 0 spiro atoms. The Morgan fingerprint density at radius 1 is 0.844 bits per heavy atom. The van der Waals surface area contributed by atoms with Crippen LogP contribution in [0.25, 0.3) is 0 Å². The van der Waals surface area contributed by atoms with Crippen LogP contribution in [0.3, 0.4) is 0 Å². The average Bonchev–Trinajstić information content (AvgIpc) is 2.79. The summed E-state index contributed by atoms with van der Waals surface area (Å²) in [7, 11) is -2.28. The van der Waals surface area contributed by atoms with E-state index in [0.29, 0.717) is 29.5 Å². The van der Waals surface area contributed by atoms with Crippen LogP contribution in [-0.4, -0.2) is 34.6 Å². The number of hydrogen-bond acceptors (Lipinski definition) is 6. The Morgan fingerprint density at radius 2 is 1.50 bits per heavy atom. The Balaban J connectivity index is 1.55. The van der Waals surface area contributed by atoms with Crippen molar-refractivity contribution in [3.05, 3.63) is 72.8 Å². The summed E-state index contributed by atoms with van der Waals surface area (Å²) in [6, 6.07) is 19.4. The number of methoxy groups -OCH3 is 1. The Hall–Kier alpha value is -3.72. The van der Waals surface area contributed by atoms with E-state index in [-0.39, 0.29) is 17.4 Å². The van der Waals surface area contributed by atoms with E-state index in [1.54, 1.807) is 48.5 Å². The molecule has 8 nitrogen and oxygen atoms in total. The van der Waals surface area contributed by atoms with Crippen LogP contribution in [0.15, 0.2) is 77.7 Å². The molecular formula is C23H24N2O6S. The van der Waals surface area contributed by atoms with Crippen molar-refractivity contribution in [3.63, 3.8) is 0 Å². The van der Waals surface area contributed by atoms with Crippen molar-refractivity contribution < 1.29 is 27.4 Å². The quantitative estimate of drug-likeness (QED) is 0.479. The lowest BCUT2D eigenvalue weighted by atomic mass is 10.3. The molecule has 0 fully saturated rings. The third kappa shape index (κ3) is 6.39. The number of carbonyl (C=O) groups excluding carboxylic acids is 1. The fourth-order valence-corrected chi connectivity index (χ4v) is 3.81. The van der Waals surface area contributed by atoms with Crippen molar-refractivity contribution >= 4 is 27.3 Å². The van der Waals surface area contributed by atoms with E-state index in [1.165, 1.54) is 31.4 Å². The van der Waals surface area contributed by atoms with Gasteiger partial charge in [-0.2, -0.15) is 0 Å². The first-order valence-corrected chi connectivity index (χ1v) is 11.3. The van der Waals surface area contributed by atoms with Crippen LogP contribution < -0.4 is 24.2 Å². The van der Waals surface area contributed by atoms with Crippen LogP contribution in [-0.2, 0) is 14.8 Å². The van der Waals surface area contributed by atoms with Gasteiger partial charge in [-0.3, -0.25) is 9.52 Å². The smallest absolute Gasteiger partial charge is 0.262 e. The van der Waals surface area contributed by atoms with Crippen molar-refractivity contribution in [2.45, 2.75) is 11.8 Å². The minimum atomic E-state index is -3.79. The van der Waals surface area contributed by atoms with Gasteiger partial charge in [0.2, 0.25) is 0 Å². The molecule has 3 aromatic carbocycles. The minimum Gasteiger partial charge on any atom is -0.497 e. The minimum absolute atomic E-state index is 0.0616. The normalized spacial score (nSPS) is 10.8. The van der Waals surface area contributed by atoms with E-state index >= 15 is 0 Å². The maximum absolute atomic E-state index is 12.6. The monoisotopic (exact) mass is 456 g/mol. The molecule has 9 heteroatoms. The molecule has 0 saturated heterocycles. The average molecular weight is 457 g/mol. The SMILES string of the molecule is CCOc1ccc(NC(=O)COc2ccc(S(=O)(=O)Nc3cccc(OC)c3)cc2)cc1. The summed E-state index contributed by atoms with van der Waals surface area (Å²) in [5, 5.41) is 2.72. The molecule has 2 N–H and O–H groups in total. The fourth-order valence-electron chi connectivity index (χ4n) is 2.76. The molecule has 0 unspecified atom stereocenters. The summed E-state index contributed by atoms with van der Waals surface area (Å²) in [5.74, 6) is 1.29. The van der Waals surface area contributed by atoms with Gasteiger partial charge in [-0.1, -0.05) is 6.07 Å². The van der Waals surface area contributed by atoms with Gasteiger partial charge in [-0.05, 0) is 67.6 Å². The van der Waals surface area contributed by atoms with Crippen LogP contribution >= 0.6 is 0 Å². The number of sulfonamides is 1. The molecule has 0 atom stereocenters. The summed E-state index contributed by atoms with van der Waals surface area (Å²) in [4.78, 5) is 12.2. The first kappa shape index (κ1) is 23.0. The number of hydrogen-bond donors (Lipinski definition) is 2. The van der Waals surface area contributed by atoms with Gasteiger partial charge in [0.1, 0.15) is 17.2 Å². The lowest BCUT2D eigenvalue weighted by Crippen LogP contribution is -2.20. The molecule has 32 heavy (non-hydrogen) atoms. The van der Waals surface area contributed by atoms with Gasteiger partial charge >= 0.3 is 0 Å². The van der Waals surface area contributed by atoms with Crippen LogP contribution in [0.1, 0.15) is 6.92 Å². The summed E-state index contributed by atoms with van der Waals surface area (Å²) < 4.78 is 43.6.